The summed E-state index contributed by atoms with van der Waals surface area (Å²) in [6, 6.07) is 14.7. The first-order chi connectivity index (χ1) is 15.0. The second-order valence-electron chi connectivity index (χ2n) is 6.60. The molecule has 0 aliphatic carbocycles. The highest BCUT2D eigenvalue weighted by Gasteiger charge is 2.34. The third-order valence-corrected chi connectivity index (χ3v) is 7.23. The maximum Gasteiger partial charge on any atom is 0.293 e. The van der Waals surface area contributed by atoms with E-state index >= 15 is 0 Å². The summed E-state index contributed by atoms with van der Waals surface area (Å²) in [5.74, 6) is 0.00615. The topological polar surface area (TPSA) is 75.7 Å². The van der Waals surface area contributed by atoms with E-state index in [1.807, 2.05) is 36.4 Å². The summed E-state index contributed by atoms with van der Waals surface area (Å²) in [5, 5.41) is 3.62. The summed E-state index contributed by atoms with van der Waals surface area (Å²) in [7, 11) is 1.58. The number of benzene rings is 2. The summed E-state index contributed by atoms with van der Waals surface area (Å²) in [6.45, 7) is 0.218. The number of nitrogens with zero attached hydrogens (tertiary/aromatic N) is 1. The minimum Gasteiger partial charge on any atom is -0.497 e. The number of ether oxygens (including phenoxy) is 1. The fourth-order valence-electron chi connectivity index (χ4n) is 3.07. The number of hydrogen-bond donors (Lipinski definition) is 1. The summed E-state index contributed by atoms with van der Waals surface area (Å²) < 4.78 is 6.04. The third-order valence-electron chi connectivity index (χ3n) is 4.65. The van der Waals surface area contributed by atoms with Gasteiger partial charge in [0.2, 0.25) is 0 Å². The molecule has 4 rings (SSSR count). The molecule has 1 aliphatic heterocycles. The van der Waals surface area contributed by atoms with Gasteiger partial charge in [-0.15, -0.1) is 11.3 Å². The molecule has 0 atom stereocenters. The molecule has 3 aromatic rings. The van der Waals surface area contributed by atoms with E-state index in [-0.39, 0.29) is 30.1 Å². The quantitative estimate of drug-likeness (QED) is 0.509. The molecule has 0 radical (unpaired) electrons. The Morgan fingerprint density at radius 1 is 1.16 bits per heavy atom. The second kappa shape index (κ2) is 9.13. The van der Waals surface area contributed by atoms with Crippen molar-refractivity contribution in [3.63, 3.8) is 0 Å². The number of rotatable bonds is 6. The van der Waals surface area contributed by atoms with Gasteiger partial charge in [-0.3, -0.25) is 19.3 Å². The molecule has 1 saturated heterocycles. The van der Waals surface area contributed by atoms with Crippen molar-refractivity contribution in [2.24, 2.45) is 0 Å². The molecule has 1 N–H and O–H groups in total. The van der Waals surface area contributed by atoms with Gasteiger partial charge in [0, 0.05) is 23.2 Å². The Morgan fingerprint density at radius 3 is 2.61 bits per heavy atom. The zero-order chi connectivity index (χ0) is 22.0. The van der Waals surface area contributed by atoms with Crippen LogP contribution in [0.3, 0.4) is 0 Å². The lowest BCUT2D eigenvalue weighted by Gasteiger charge is -2.12. The van der Waals surface area contributed by atoms with Gasteiger partial charge in [0.05, 0.1) is 17.0 Å². The fraction of sp³-hybridized carbons (Fsp3) is 0.136. The third kappa shape index (κ3) is 4.46. The summed E-state index contributed by atoms with van der Waals surface area (Å²) in [4.78, 5) is 39.3. The molecule has 158 valence electrons. The molecular weight excluding hydrogens is 456 g/mol. The molecule has 6 nitrogen and oxygen atoms in total. The van der Waals surface area contributed by atoms with Crippen molar-refractivity contribution in [2.75, 3.05) is 20.2 Å². The Balaban J connectivity index is 1.38. The number of imide groups is 1. The largest absolute Gasteiger partial charge is 0.497 e. The van der Waals surface area contributed by atoms with Gasteiger partial charge < -0.3 is 10.1 Å². The Morgan fingerprint density at radius 2 is 1.90 bits per heavy atom. The molecule has 0 bridgehead atoms. The maximum atomic E-state index is 12.6. The first-order valence-electron chi connectivity index (χ1n) is 9.32. The van der Waals surface area contributed by atoms with E-state index in [2.05, 4.69) is 5.32 Å². The number of fused-ring (bicyclic) bond motifs is 1. The predicted octanol–water partition coefficient (Wildman–Crippen LogP) is 5.03. The molecule has 2 heterocycles. The Kier molecular flexibility index (Phi) is 6.31. The van der Waals surface area contributed by atoms with Crippen LogP contribution in [0.4, 0.5) is 4.79 Å². The summed E-state index contributed by atoms with van der Waals surface area (Å²) in [5.41, 5.74) is 0.791. The van der Waals surface area contributed by atoms with Crippen molar-refractivity contribution in [3.05, 3.63) is 68.9 Å². The van der Waals surface area contributed by atoms with Gasteiger partial charge in [-0.1, -0.05) is 41.9 Å². The van der Waals surface area contributed by atoms with Crippen LogP contribution in [0.15, 0.2) is 53.4 Å². The lowest BCUT2D eigenvalue weighted by molar-refractivity contribution is -0.122. The SMILES string of the molecule is COc1ccc(/C=C2\SC(=O)N(CCNC(=O)c3sc4ccccc4c3Cl)C2=O)cc1. The highest BCUT2D eigenvalue weighted by molar-refractivity contribution is 8.18. The lowest BCUT2D eigenvalue weighted by Crippen LogP contribution is -2.37. The van der Waals surface area contributed by atoms with E-state index in [0.29, 0.717) is 20.6 Å². The normalized spacial score (nSPS) is 15.2. The zero-order valence-corrected chi connectivity index (χ0v) is 18.8. The minimum absolute atomic E-state index is 0.0822. The van der Waals surface area contributed by atoms with Gasteiger partial charge in [-0.05, 0) is 41.6 Å². The Hall–Kier alpha value is -2.81. The van der Waals surface area contributed by atoms with Crippen LogP contribution in [0.1, 0.15) is 15.2 Å². The van der Waals surface area contributed by atoms with E-state index in [9.17, 15) is 14.4 Å². The lowest BCUT2D eigenvalue weighted by atomic mass is 10.2. The van der Waals surface area contributed by atoms with Crippen molar-refractivity contribution in [2.45, 2.75) is 0 Å². The first-order valence-corrected chi connectivity index (χ1v) is 11.3. The predicted molar refractivity (Wildman–Crippen MR) is 125 cm³/mol. The molecule has 1 aliphatic rings. The van der Waals surface area contributed by atoms with Gasteiger partial charge in [0.25, 0.3) is 17.1 Å². The maximum absolute atomic E-state index is 12.6. The number of amides is 3. The monoisotopic (exact) mass is 472 g/mol. The van der Waals surface area contributed by atoms with Crippen LogP contribution in [0, 0.1) is 0 Å². The molecule has 1 aromatic heterocycles. The molecule has 3 amide bonds. The molecule has 1 fully saturated rings. The fourth-order valence-corrected chi connectivity index (χ4v) is 5.36. The van der Waals surface area contributed by atoms with E-state index in [1.54, 1.807) is 25.3 Å². The van der Waals surface area contributed by atoms with Crippen LogP contribution >= 0.6 is 34.7 Å². The molecule has 0 unspecified atom stereocenters. The van der Waals surface area contributed by atoms with Gasteiger partial charge in [-0.25, -0.2) is 0 Å². The minimum atomic E-state index is -0.375. The highest BCUT2D eigenvalue weighted by Crippen LogP contribution is 2.35. The van der Waals surface area contributed by atoms with Crippen LogP contribution in [-0.2, 0) is 4.79 Å². The Bertz CT molecular complexity index is 1200. The van der Waals surface area contributed by atoms with E-state index in [4.69, 9.17) is 16.3 Å². The summed E-state index contributed by atoms with van der Waals surface area (Å²) in [6.07, 6.45) is 1.67. The average molecular weight is 473 g/mol. The average Bonchev–Trinajstić information content (AvgIpc) is 3.25. The molecule has 9 heteroatoms. The van der Waals surface area contributed by atoms with Gasteiger partial charge in [0.1, 0.15) is 10.6 Å². The van der Waals surface area contributed by atoms with Gasteiger partial charge in [0.15, 0.2) is 0 Å². The van der Waals surface area contributed by atoms with Crippen LogP contribution in [0.5, 0.6) is 5.75 Å². The number of hydrogen-bond acceptors (Lipinski definition) is 6. The first kappa shape index (κ1) is 21.4. The number of carbonyl (C=O) groups excluding carboxylic acids is 3. The standard InChI is InChI=1S/C22H17ClN2O4S2/c1-29-14-8-6-13(7-9-14)12-17-21(27)25(22(28)31-17)11-10-24-20(26)19-18(23)15-4-2-3-5-16(15)30-19/h2-9,12H,10-11H2,1H3,(H,24,26)/b17-12-. The van der Waals surface area contributed by atoms with Gasteiger partial charge in [-0.2, -0.15) is 0 Å². The second-order valence-corrected chi connectivity index (χ2v) is 9.03. The highest BCUT2D eigenvalue weighted by atomic mass is 35.5. The van der Waals surface area contributed by atoms with Crippen LogP contribution in [0.2, 0.25) is 5.02 Å². The number of thiophene rings is 1. The molecule has 2 aromatic carbocycles. The Labute approximate surface area is 191 Å². The summed E-state index contributed by atoms with van der Waals surface area (Å²) >= 11 is 8.52. The molecule has 31 heavy (non-hydrogen) atoms. The van der Waals surface area contributed by atoms with Crippen molar-refractivity contribution in [1.29, 1.82) is 0 Å². The van der Waals surface area contributed by atoms with Crippen molar-refractivity contribution < 1.29 is 19.1 Å². The van der Waals surface area contributed by atoms with E-state index in [1.165, 1.54) is 11.3 Å². The van der Waals surface area contributed by atoms with Crippen LogP contribution in [-0.4, -0.2) is 42.2 Å². The number of carbonyl (C=O) groups is 3. The number of nitrogens with one attached hydrogen (secondary N) is 1. The smallest absolute Gasteiger partial charge is 0.293 e. The van der Waals surface area contributed by atoms with Crippen LogP contribution in [0.25, 0.3) is 16.2 Å². The van der Waals surface area contributed by atoms with Gasteiger partial charge >= 0.3 is 0 Å². The molecular formula is C22H17ClN2O4S2. The zero-order valence-electron chi connectivity index (χ0n) is 16.4. The number of halogens is 1. The van der Waals surface area contributed by atoms with E-state index in [0.717, 1.165) is 32.3 Å². The molecule has 0 spiro atoms. The van der Waals surface area contributed by atoms with Crippen molar-refractivity contribution in [3.8, 4) is 5.75 Å². The van der Waals surface area contributed by atoms with E-state index < -0.39 is 0 Å². The van der Waals surface area contributed by atoms with Crippen molar-refractivity contribution in [1.82, 2.24) is 10.2 Å². The number of thioether (sulfide) groups is 1. The number of methoxy groups -OCH3 is 1. The van der Waals surface area contributed by atoms with Crippen molar-refractivity contribution >= 4 is 67.9 Å². The van der Waals surface area contributed by atoms with Crippen LogP contribution < -0.4 is 10.1 Å². The molecule has 0 saturated carbocycles.